The number of phosphoric ester groups is 1. The maximum absolute atomic E-state index is 13.4. The van der Waals surface area contributed by atoms with Crippen molar-refractivity contribution in [2.24, 2.45) is 47.3 Å². The minimum atomic E-state index is -4.37. The lowest BCUT2D eigenvalue weighted by Gasteiger charge is -2.45. The molecule has 0 aromatic heterocycles. The second-order valence-electron chi connectivity index (χ2n) is 27.8. The van der Waals surface area contributed by atoms with Crippen LogP contribution in [0, 0.1) is 47.3 Å². The van der Waals surface area contributed by atoms with E-state index in [1.165, 1.54) is 34.6 Å². The molecule has 4 saturated heterocycles. The van der Waals surface area contributed by atoms with Crippen LogP contribution in [0.1, 0.15) is 161 Å². The first-order valence-electron chi connectivity index (χ1n) is 36.8. The Morgan fingerprint density at radius 2 is 0.685 bits per heavy atom. The summed E-state index contributed by atoms with van der Waals surface area (Å²) >= 11 is 0. The summed E-state index contributed by atoms with van der Waals surface area (Å²) < 4.78 is 115. The molecule has 21 atom stereocenters. The Labute approximate surface area is 630 Å². The van der Waals surface area contributed by atoms with Crippen molar-refractivity contribution in [2.45, 2.75) is 235 Å². The van der Waals surface area contributed by atoms with E-state index in [0.29, 0.717) is 0 Å². The number of hydrogen-bond acceptors (Lipinski definition) is 32. The highest BCUT2D eigenvalue weighted by Gasteiger charge is 2.49. The molecule has 4 fully saturated rings. The molecule has 3 N–H and O–H groups in total. The number of carbonyl (C=O) groups excluding carboxylic acids is 13. The number of hydrogen-bond donors (Lipinski definition) is 3. The van der Waals surface area contributed by atoms with Gasteiger partial charge in [0, 0.05) is 141 Å². The molecule has 0 radical (unpaired) electrons. The van der Waals surface area contributed by atoms with Gasteiger partial charge < -0.3 is 91.3 Å². The summed E-state index contributed by atoms with van der Waals surface area (Å²) in [5, 5.41) is 5.17. The SMILES string of the molecule is COP(=O)(O)OCCC(=O)CC(=O)CCO[C@@H]1OC(COCCC(=O)CCC(=O)CCO[C@@H]2OC(COC(C)=O)[C@H](OC(C)=O)[C@H](C)C2C)[C@H](OCCC(=O)NCC(=O)CCO[C@@H]2OC(COC(C)=O)[C@H](OC(C)=O)[C@H](C)C2C)[C@H](OCCC(=O)NCC(=O)CCO[C@@H]2OC(COC(C)=O)[C@H](C)[C@H](C)C2C)C1C. The Kier molecular flexibility index (Phi) is 42.5. The number of Topliss-reactive ketones (excluding diaryl/α,β-unsaturated/α-hetero) is 6. The molecule has 0 bridgehead atoms. The minimum absolute atomic E-state index is 0.0185. The number of rotatable bonds is 51. The zero-order valence-electron chi connectivity index (χ0n) is 64.7. The summed E-state index contributed by atoms with van der Waals surface area (Å²) in [6, 6.07) is 0. The Balaban J connectivity index is 1.44. The van der Waals surface area contributed by atoms with E-state index in [2.05, 4.69) is 15.2 Å². The van der Waals surface area contributed by atoms with Crippen molar-refractivity contribution in [1.29, 1.82) is 0 Å². The van der Waals surface area contributed by atoms with Crippen LogP contribution in [0.4, 0.5) is 0 Å². The van der Waals surface area contributed by atoms with Crippen LogP contribution in [0.3, 0.4) is 0 Å². The van der Waals surface area contributed by atoms with Crippen molar-refractivity contribution < 1.29 is 157 Å². The number of ether oxygens (including phenoxy) is 16. The lowest BCUT2D eigenvalue weighted by molar-refractivity contribution is -0.298. The molecule has 4 rings (SSSR count). The summed E-state index contributed by atoms with van der Waals surface area (Å²) in [6.45, 7) is 18.1. The van der Waals surface area contributed by atoms with E-state index < -0.39 is 166 Å². The fourth-order valence-corrected chi connectivity index (χ4v) is 12.7. The fraction of sp³-hybridized carbons (Fsp3) is 0.819. The van der Waals surface area contributed by atoms with Crippen LogP contribution in [-0.2, 0) is 152 Å². The number of ketones is 6. The van der Waals surface area contributed by atoms with Crippen molar-refractivity contribution in [3.05, 3.63) is 0 Å². The summed E-state index contributed by atoms with van der Waals surface area (Å²) in [5.41, 5.74) is 0. The van der Waals surface area contributed by atoms with Gasteiger partial charge in [0.25, 0.3) is 0 Å². The molecular weight excluding hydrogens is 1450 g/mol. The van der Waals surface area contributed by atoms with Crippen LogP contribution < -0.4 is 10.6 Å². The Bertz CT molecular complexity index is 2990. The first-order chi connectivity index (χ1) is 51.0. The fourth-order valence-electron chi connectivity index (χ4n) is 12.3. The van der Waals surface area contributed by atoms with Gasteiger partial charge in [0.1, 0.15) is 79.6 Å². The molecule has 36 heteroatoms. The van der Waals surface area contributed by atoms with Crippen molar-refractivity contribution >= 4 is 84.2 Å². The predicted octanol–water partition coefficient (Wildman–Crippen LogP) is 4.08. The zero-order valence-corrected chi connectivity index (χ0v) is 65.6. The number of carbonyl (C=O) groups is 13. The maximum Gasteiger partial charge on any atom is 0.471 e. The molecule has 2 amide bonds. The Morgan fingerprint density at radius 3 is 1.10 bits per heavy atom. The molecule has 4 heterocycles. The van der Waals surface area contributed by atoms with E-state index in [-0.39, 0.29) is 202 Å². The van der Waals surface area contributed by atoms with Crippen LogP contribution in [0.15, 0.2) is 0 Å². The topological polar surface area (TPSA) is 449 Å². The number of nitrogens with one attached hydrogen (secondary N) is 2. The molecule has 0 aliphatic carbocycles. The molecule has 4 aliphatic rings. The van der Waals surface area contributed by atoms with E-state index in [9.17, 15) is 71.8 Å². The van der Waals surface area contributed by atoms with Gasteiger partial charge in [0.15, 0.2) is 36.7 Å². The van der Waals surface area contributed by atoms with Crippen LogP contribution in [-0.4, -0.2) is 255 Å². The highest BCUT2D eigenvalue weighted by molar-refractivity contribution is 7.47. The number of phosphoric acid groups is 1. The molecule has 0 saturated carbocycles. The third kappa shape index (κ3) is 34.3. The Morgan fingerprint density at radius 1 is 0.343 bits per heavy atom. The van der Waals surface area contributed by atoms with Gasteiger partial charge in [0.2, 0.25) is 11.8 Å². The average molecular weight is 1570 g/mol. The molecule has 616 valence electrons. The third-order valence-electron chi connectivity index (χ3n) is 19.4. The molecule has 4 aliphatic heterocycles. The van der Waals surface area contributed by atoms with Crippen molar-refractivity contribution in [2.75, 3.05) is 99.5 Å². The second-order valence-corrected chi connectivity index (χ2v) is 29.3. The largest absolute Gasteiger partial charge is 0.471 e. The monoisotopic (exact) mass is 1570 g/mol. The smallest absolute Gasteiger partial charge is 0.463 e. The van der Waals surface area contributed by atoms with Gasteiger partial charge >= 0.3 is 37.7 Å². The standard InChI is InChI=1S/C72H115N2O33P/c1-40-41(2)59(37-98-48(9)75)104-69(44(40)5)95-28-20-57(84)34-73-63(86)23-30-92-67-47(8)72(97-27-19-55(82)33-56(83)22-32-101-108(88,89)90-14)105-60(36-91-25-17-53(80)15-16-54(81)18-26-94-70-45(6)42(3)65(102-51(12)78)61(106-70)38-99-49(10)76)68(67)93-31-24-64(87)74-35-58(85)21-29-96-71-46(7)43(4)66(103-52(13)79)62(107-71)39-100-50(11)77/h40-47,59-62,65-72H,15-39H2,1-14H3,(H,73,86)(H,74,87)(H,88,89)/t40-,41+,42+,43+,44?,45?,46?,47?,59?,60?,61?,62?,65+,66+,67+,68-,69+,70+,71+,72+/m0/s1. The van der Waals surface area contributed by atoms with Gasteiger partial charge in [-0.05, 0) is 11.8 Å². The van der Waals surface area contributed by atoms with E-state index >= 15 is 0 Å². The van der Waals surface area contributed by atoms with Gasteiger partial charge in [-0.2, -0.15) is 0 Å². The van der Waals surface area contributed by atoms with Gasteiger partial charge in [-0.25, -0.2) is 4.57 Å². The van der Waals surface area contributed by atoms with Crippen LogP contribution in [0.25, 0.3) is 0 Å². The van der Waals surface area contributed by atoms with Crippen molar-refractivity contribution in [1.82, 2.24) is 10.6 Å². The first kappa shape index (κ1) is 94.4. The molecule has 108 heavy (non-hydrogen) atoms. The van der Waals surface area contributed by atoms with E-state index in [0.717, 1.165) is 7.11 Å². The number of esters is 5. The molecule has 0 spiro atoms. The summed E-state index contributed by atoms with van der Waals surface area (Å²) in [4.78, 5) is 173. The van der Waals surface area contributed by atoms with Crippen LogP contribution in [0.2, 0.25) is 0 Å². The van der Waals surface area contributed by atoms with Gasteiger partial charge in [-0.1, -0.05) is 55.4 Å². The van der Waals surface area contributed by atoms with Gasteiger partial charge in [0.05, 0.1) is 91.2 Å². The second kappa shape index (κ2) is 48.7. The Hall–Kier alpha value is -6.02. The normalized spacial score (nSPS) is 28.9. The summed E-state index contributed by atoms with van der Waals surface area (Å²) in [7, 11) is -3.42. The molecule has 0 aromatic rings. The molecular formula is C72H115N2O33P. The van der Waals surface area contributed by atoms with Crippen molar-refractivity contribution in [3.8, 4) is 0 Å². The third-order valence-corrected chi connectivity index (χ3v) is 20.4. The molecule has 0 aromatic carbocycles. The van der Waals surface area contributed by atoms with E-state index in [1.54, 1.807) is 6.92 Å². The predicted molar refractivity (Wildman–Crippen MR) is 373 cm³/mol. The number of amides is 2. The van der Waals surface area contributed by atoms with Crippen molar-refractivity contribution in [3.63, 3.8) is 0 Å². The van der Waals surface area contributed by atoms with E-state index in [1.807, 2.05) is 48.5 Å². The van der Waals surface area contributed by atoms with Crippen LogP contribution in [0.5, 0.6) is 0 Å². The lowest BCUT2D eigenvalue weighted by Crippen LogP contribution is -2.58. The van der Waals surface area contributed by atoms with E-state index in [4.69, 9.17) is 80.3 Å². The minimum Gasteiger partial charge on any atom is -0.463 e. The molecule has 9 unspecified atom stereocenters. The highest BCUT2D eigenvalue weighted by Crippen LogP contribution is 2.42. The van der Waals surface area contributed by atoms with Gasteiger partial charge in [-0.15, -0.1) is 0 Å². The molecule has 35 nitrogen and oxygen atoms in total. The zero-order chi connectivity index (χ0) is 80.4. The lowest BCUT2D eigenvalue weighted by atomic mass is 9.79. The summed E-state index contributed by atoms with van der Waals surface area (Å²) in [6.07, 6.45) is -12.9. The average Bonchev–Trinajstić information content (AvgIpc) is 0.831. The first-order valence-corrected chi connectivity index (χ1v) is 38.3. The highest BCUT2D eigenvalue weighted by atomic mass is 31.2. The quantitative estimate of drug-likeness (QED) is 0.0254. The van der Waals surface area contributed by atoms with Crippen LogP contribution >= 0.6 is 7.82 Å². The maximum atomic E-state index is 13.4. The summed E-state index contributed by atoms with van der Waals surface area (Å²) in [5.74, 6) is -8.16. The van der Waals surface area contributed by atoms with Gasteiger partial charge in [-0.3, -0.25) is 71.4 Å².